The number of unbranched alkanes of at least 4 members (excludes halogenated alkanes) is 1. The molecule has 0 fully saturated rings. The van der Waals surface area contributed by atoms with E-state index in [0.29, 0.717) is 32.6 Å². The van der Waals surface area contributed by atoms with Crippen molar-refractivity contribution in [2.75, 3.05) is 32.1 Å². The Hall–Kier alpha value is -0.660. The van der Waals surface area contributed by atoms with E-state index < -0.39 is 16.0 Å². The van der Waals surface area contributed by atoms with E-state index in [1.165, 1.54) is 4.31 Å². The van der Waals surface area contributed by atoms with E-state index in [2.05, 4.69) is 0 Å². The summed E-state index contributed by atoms with van der Waals surface area (Å²) >= 11 is 0. The number of hydrogen-bond acceptors (Lipinski definition) is 4. The molecule has 0 saturated heterocycles. The highest BCUT2D eigenvalue weighted by Crippen LogP contribution is 2.07. The summed E-state index contributed by atoms with van der Waals surface area (Å²) in [6.45, 7) is 5.24. The van der Waals surface area contributed by atoms with Gasteiger partial charge in [-0.1, -0.05) is 13.3 Å². The molecule has 0 aromatic heterocycles. The molecule has 114 valence electrons. The number of sulfonamides is 1. The number of carboxylic acids is 1. The second-order valence-electron chi connectivity index (χ2n) is 4.26. The van der Waals surface area contributed by atoms with Crippen molar-refractivity contribution in [3.63, 3.8) is 0 Å². The molecule has 6 nitrogen and oxygen atoms in total. The zero-order valence-corrected chi connectivity index (χ0v) is 12.6. The highest BCUT2D eigenvalue weighted by atomic mass is 32.2. The van der Waals surface area contributed by atoms with E-state index >= 15 is 0 Å². The zero-order valence-electron chi connectivity index (χ0n) is 11.8. The van der Waals surface area contributed by atoms with E-state index in [1.54, 1.807) is 0 Å². The SMILES string of the molecule is CCCCS(=O)(=O)N(CCCOCC)CCC(=O)O. The van der Waals surface area contributed by atoms with Gasteiger partial charge < -0.3 is 9.84 Å². The quantitative estimate of drug-likeness (QED) is 0.549. The topological polar surface area (TPSA) is 83.9 Å². The third-order valence-corrected chi connectivity index (χ3v) is 4.58. The molecule has 0 atom stereocenters. The maximum absolute atomic E-state index is 12.1. The number of rotatable bonds is 12. The molecule has 0 aliphatic carbocycles. The van der Waals surface area contributed by atoms with Crippen molar-refractivity contribution in [2.45, 2.75) is 39.5 Å². The van der Waals surface area contributed by atoms with Gasteiger partial charge in [0.05, 0.1) is 12.2 Å². The van der Waals surface area contributed by atoms with Crippen LogP contribution in [-0.2, 0) is 19.6 Å². The predicted molar refractivity (Wildman–Crippen MR) is 73.6 cm³/mol. The van der Waals surface area contributed by atoms with Gasteiger partial charge in [-0.25, -0.2) is 12.7 Å². The average molecular weight is 295 g/mol. The number of nitrogens with zero attached hydrogens (tertiary/aromatic N) is 1. The van der Waals surface area contributed by atoms with Crippen LogP contribution in [0.4, 0.5) is 0 Å². The molecular formula is C12H25NO5S. The molecule has 0 amide bonds. The van der Waals surface area contributed by atoms with Gasteiger partial charge in [0, 0.05) is 26.3 Å². The normalized spacial score (nSPS) is 11.9. The molecule has 0 heterocycles. The molecular weight excluding hydrogens is 270 g/mol. The van der Waals surface area contributed by atoms with Crippen LogP contribution in [0.5, 0.6) is 0 Å². The van der Waals surface area contributed by atoms with Crippen LogP contribution in [0.3, 0.4) is 0 Å². The van der Waals surface area contributed by atoms with Gasteiger partial charge in [-0.2, -0.15) is 0 Å². The van der Waals surface area contributed by atoms with Crippen LogP contribution in [0.1, 0.15) is 39.5 Å². The Kier molecular flexibility index (Phi) is 9.81. The average Bonchev–Trinajstić information content (AvgIpc) is 2.35. The Morgan fingerprint density at radius 2 is 1.89 bits per heavy atom. The summed E-state index contributed by atoms with van der Waals surface area (Å²) in [5.41, 5.74) is 0. The molecule has 0 unspecified atom stereocenters. The van der Waals surface area contributed by atoms with Crippen LogP contribution in [-0.4, -0.2) is 55.9 Å². The maximum atomic E-state index is 12.1. The van der Waals surface area contributed by atoms with Crippen LogP contribution in [0.25, 0.3) is 0 Å². The number of hydrogen-bond donors (Lipinski definition) is 1. The number of carboxylic acid groups (broad SMARTS) is 1. The standard InChI is InChI=1S/C12H25NO5S/c1-3-5-11-19(16,17)13(9-7-12(14)15)8-6-10-18-4-2/h3-11H2,1-2H3,(H,14,15). The van der Waals surface area contributed by atoms with E-state index in [4.69, 9.17) is 9.84 Å². The largest absolute Gasteiger partial charge is 0.481 e. The summed E-state index contributed by atoms with van der Waals surface area (Å²) in [5.74, 6) is -0.905. The fourth-order valence-corrected chi connectivity index (χ4v) is 3.24. The third-order valence-electron chi connectivity index (χ3n) is 2.62. The van der Waals surface area contributed by atoms with E-state index in [9.17, 15) is 13.2 Å². The smallest absolute Gasteiger partial charge is 0.304 e. The van der Waals surface area contributed by atoms with Crippen molar-refractivity contribution in [3.05, 3.63) is 0 Å². The minimum Gasteiger partial charge on any atom is -0.481 e. The minimum absolute atomic E-state index is 0.0352. The van der Waals surface area contributed by atoms with Crippen LogP contribution in [0, 0.1) is 0 Å². The Balaban J connectivity index is 4.42. The van der Waals surface area contributed by atoms with E-state index in [0.717, 1.165) is 6.42 Å². The van der Waals surface area contributed by atoms with Crippen molar-refractivity contribution in [1.29, 1.82) is 0 Å². The summed E-state index contributed by atoms with van der Waals surface area (Å²) in [4.78, 5) is 10.6. The lowest BCUT2D eigenvalue weighted by atomic mass is 10.4. The Morgan fingerprint density at radius 1 is 1.21 bits per heavy atom. The predicted octanol–water partition coefficient (Wildman–Crippen LogP) is 1.32. The summed E-state index contributed by atoms with van der Waals surface area (Å²) in [7, 11) is -3.35. The van der Waals surface area contributed by atoms with E-state index in [1.807, 2.05) is 13.8 Å². The molecule has 0 aromatic rings. The molecule has 1 N–H and O–H groups in total. The van der Waals surface area contributed by atoms with Gasteiger partial charge in [0.15, 0.2) is 0 Å². The zero-order chi connectivity index (χ0) is 14.7. The Labute approximate surface area is 115 Å². The first-order valence-corrected chi connectivity index (χ1v) is 8.32. The van der Waals surface area contributed by atoms with Crippen molar-refractivity contribution >= 4 is 16.0 Å². The molecule has 0 aliphatic rings. The van der Waals surface area contributed by atoms with E-state index in [-0.39, 0.29) is 18.7 Å². The van der Waals surface area contributed by atoms with Gasteiger partial charge in [-0.15, -0.1) is 0 Å². The molecule has 0 aromatic carbocycles. The maximum Gasteiger partial charge on any atom is 0.304 e. The molecule has 19 heavy (non-hydrogen) atoms. The number of carbonyl (C=O) groups is 1. The lowest BCUT2D eigenvalue weighted by molar-refractivity contribution is -0.137. The van der Waals surface area contributed by atoms with Gasteiger partial charge >= 0.3 is 5.97 Å². The van der Waals surface area contributed by atoms with Crippen molar-refractivity contribution in [1.82, 2.24) is 4.31 Å². The van der Waals surface area contributed by atoms with Gasteiger partial charge in [-0.3, -0.25) is 4.79 Å². The Bertz CT molecular complexity index is 342. The second kappa shape index (κ2) is 10.2. The fraction of sp³-hybridized carbons (Fsp3) is 0.917. The minimum atomic E-state index is -3.35. The van der Waals surface area contributed by atoms with Crippen LogP contribution in [0.15, 0.2) is 0 Å². The second-order valence-corrected chi connectivity index (χ2v) is 6.35. The summed E-state index contributed by atoms with van der Waals surface area (Å²) in [5, 5.41) is 8.67. The van der Waals surface area contributed by atoms with Crippen molar-refractivity contribution in [2.24, 2.45) is 0 Å². The molecule has 0 spiro atoms. The number of ether oxygens (including phenoxy) is 1. The molecule has 0 radical (unpaired) electrons. The number of aliphatic carboxylic acids is 1. The highest BCUT2D eigenvalue weighted by molar-refractivity contribution is 7.89. The monoisotopic (exact) mass is 295 g/mol. The summed E-state index contributed by atoms with van der Waals surface area (Å²) in [6.07, 6.45) is 1.81. The summed E-state index contributed by atoms with van der Waals surface area (Å²) < 4.78 is 30.6. The fourth-order valence-electron chi connectivity index (χ4n) is 1.55. The first-order valence-electron chi connectivity index (χ1n) is 6.71. The molecule has 0 rings (SSSR count). The van der Waals surface area contributed by atoms with Gasteiger partial charge in [0.2, 0.25) is 10.0 Å². The highest BCUT2D eigenvalue weighted by Gasteiger charge is 2.21. The van der Waals surface area contributed by atoms with Crippen molar-refractivity contribution < 1.29 is 23.1 Å². The first-order chi connectivity index (χ1) is 8.94. The van der Waals surface area contributed by atoms with Crippen molar-refractivity contribution in [3.8, 4) is 0 Å². The molecule has 0 aliphatic heterocycles. The third kappa shape index (κ3) is 8.96. The molecule has 7 heteroatoms. The molecule has 0 saturated carbocycles. The summed E-state index contributed by atoms with van der Waals surface area (Å²) in [6, 6.07) is 0. The van der Waals surface area contributed by atoms with Crippen LogP contribution < -0.4 is 0 Å². The van der Waals surface area contributed by atoms with Gasteiger partial charge in [0.1, 0.15) is 0 Å². The van der Waals surface area contributed by atoms with Crippen LogP contribution in [0.2, 0.25) is 0 Å². The first kappa shape index (κ1) is 18.3. The Morgan fingerprint density at radius 3 is 2.42 bits per heavy atom. The van der Waals surface area contributed by atoms with Crippen LogP contribution >= 0.6 is 0 Å². The lowest BCUT2D eigenvalue weighted by Gasteiger charge is -2.21. The van der Waals surface area contributed by atoms with Gasteiger partial charge in [-0.05, 0) is 19.8 Å². The molecule has 0 bridgehead atoms. The lowest BCUT2D eigenvalue weighted by Crippen LogP contribution is -2.36. The van der Waals surface area contributed by atoms with Gasteiger partial charge in [0.25, 0.3) is 0 Å².